The number of halogens is 1. The molecule has 2 aliphatic rings. The van der Waals surface area contributed by atoms with Crippen molar-refractivity contribution in [3.8, 4) is 11.5 Å². The third-order valence-electron chi connectivity index (χ3n) is 6.13. The maximum absolute atomic E-state index is 12.8. The summed E-state index contributed by atoms with van der Waals surface area (Å²) < 4.78 is 10.7. The van der Waals surface area contributed by atoms with Gasteiger partial charge in [-0.1, -0.05) is 54.1 Å². The molecule has 0 saturated carbocycles. The van der Waals surface area contributed by atoms with Gasteiger partial charge in [-0.15, -0.1) is 0 Å². The molecule has 2 aliphatic heterocycles. The lowest BCUT2D eigenvalue weighted by Gasteiger charge is -2.36. The van der Waals surface area contributed by atoms with Crippen molar-refractivity contribution in [3.05, 3.63) is 88.4 Å². The number of piperazine rings is 1. The minimum atomic E-state index is -0.193. The lowest BCUT2D eigenvalue weighted by Crippen LogP contribution is -2.46. The summed E-state index contributed by atoms with van der Waals surface area (Å²) in [5, 5.41) is 3.40. The summed E-state index contributed by atoms with van der Waals surface area (Å²) in [5.74, 6) is 0.801. The van der Waals surface area contributed by atoms with Crippen molar-refractivity contribution in [1.82, 2.24) is 10.2 Å². The monoisotopic (exact) mass is 463 g/mol. The fourth-order valence-electron chi connectivity index (χ4n) is 4.30. The number of rotatable bonds is 6. The van der Waals surface area contributed by atoms with Crippen LogP contribution in [0, 0.1) is 0 Å². The van der Waals surface area contributed by atoms with E-state index in [2.05, 4.69) is 63.6 Å². The second-order valence-electron chi connectivity index (χ2n) is 8.24. The van der Waals surface area contributed by atoms with Crippen molar-refractivity contribution >= 4 is 23.2 Å². The molecule has 0 aromatic heterocycles. The SMILES string of the molecule is O=C(NCc1ccccc1CN1CCN(c2ccccc2)CC1)c1cc(Cl)c2c(c1)OCO2. The fraction of sp³-hybridized carbons (Fsp3) is 0.269. The molecule has 0 bridgehead atoms. The molecule has 170 valence electrons. The van der Waals surface area contributed by atoms with Crippen LogP contribution in [0.4, 0.5) is 5.69 Å². The number of nitrogens with one attached hydrogen (secondary N) is 1. The maximum atomic E-state index is 12.8. The van der Waals surface area contributed by atoms with Crippen LogP contribution in [-0.4, -0.2) is 43.8 Å². The van der Waals surface area contributed by atoms with Gasteiger partial charge in [0.05, 0.1) is 5.02 Å². The van der Waals surface area contributed by atoms with E-state index in [4.69, 9.17) is 21.1 Å². The van der Waals surface area contributed by atoms with Gasteiger partial charge in [0, 0.05) is 50.5 Å². The van der Waals surface area contributed by atoms with Gasteiger partial charge < -0.3 is 19.7 Å². The smallest absolute Gasteiger partial charge is 0.251 e. The Morgan fingerprint density at radius 2 is 1.64 bits per heavy atom. The van der Waals surface area contributed by atoms with E-state index in [0.717, 1.165) is 38.3 Å². The van der Waals surface area contributed by atoms with E-state index in [1.54, 1.807) is 12.1 Å². The van der Waals surface area contributed by atoms with E-state index < -0.39 is 0 Å². The number of benzene rings is 3. The molecular formula is C26H26ClN3O3. The first kappa shape index (κ1) is 21.6. The molecule has 0 unspecified atom stereocenters. The second kappa shape index (κ2) is 9.73. The zero-order valence-electron chi connectivity index (χ0n) is 18.3. The van der Waals surface area contributed by atoms with Crippen molar-refractivity contribution in [1.29, 1.82) is 0 Å². The molecule has 6 nitrogen and oxygen atoms in total. The number of fused-ring (bicyclic) bond motifs is 1. The van der Waals surface area contributed by atoms with Gasteiger partial charge in [-0.3, -0.25) is 9.69 Å². The van der Waals surface area contributed by atoms with Gasteiger partial charge in [0.25, 0.3) is 5.91 Å². The van der Waals surface area contributed by atoms with Crippen LogP contribution < -0.4 is 19.7 Å². The van der Waals surface area contributed by atoms with E-state index in [1.165, 1.54) is 11.3 Å². The van der Waals surface area contributed by atoms with Crippen LogP contribution in [0.5, 0.6) is 11.5 Å². The zero-order valence-corrected chi connectivity index (χ0v) is 19.1. The summed E-state index contributed by atoms with van der Waals surface area (Å²) in [6, 6.07) is 22.1. The highest BCUT2D eigenvalue weighted by Gasteiger charge is 2.21. The molecule has 33 heavy (non-hydrogen) atoms. The predicted molar refractivity (Wildman–Crippen MR) is 129 cm³/mol. The highest BCUT2D eigenvalue weighted by atomic mass is 35.5. The molecule has 3 aromatic carbocycles. The molecule has 0 radical (unpaired) electrons. The Morgan fingerprint density at radius 1 is 0.909 bits per heavy atom. The van der Waals surface area contributed by atoms with Crippen LogP contribution in [0.15, 0.2) is 66.7 Å². The molecule has 1 amide bonds. The number of carbonyl (C=O) groups is 1. The van der Waals surface area contributed by atoms with Crippen molar-refractivity contribution in [3.63, 3.8) is 0 Å². The topological polar surface area (TPSA) is 54.0 Å². The number of ether oxygens (including phenoxy) is 2. The Kier molecular flexibility index (Phi) is 6.37. The first-order chi connectivity index (χ1) is 16.2. The normalized spacial score (nSPS) is 15.5. The van der Waals surface area contributed by atoms with Gasteiger partial charge in [0.15, 0.2) is 11.5 Å². The standard InChI is InChI=1S/C26H26ClN3O3/c27-23-14-21(15-24-25(23)33-18-32-24)26(31)28-16-19-6-4-5-7-20(19)17-29-10-12-30(13-11-29)22-8-2-1-3-9-22/h1-9,14-15H,10-13,16-18H2,(H,28,31). The number of nitrogens with zero attached hydrogens (tertiary/aromatic N) is 2. The van der Waals surface area contributed by atoms with E-state index >= 15 is 0 Å². The highest BCUT2D eigenvalue weighted by Crippen LogP contribution is 2.39. The number of hydrogen-bond acceptors (Lipinski definition) is 5. The molecular weight excluding hydrogens is 438 g/mol. The Hall–Kier alpha value is -3.22. The lowest BCUT2D eigenvalue weighted by atomic mass is 10.1. The van der Waals surface area contributed by atoms with E-state index in [0.29, 0.717) is 28.6 Å². The summed E-state index contributed by atoms with van der Waals surface area (Å²) in [6.45, 7) is 5.46. The molecule has 0 aliphatic carbocycles. The Labute approximate surface area is 198 Å². The molecule has 0 spiro atoms. The molecule has 1 N–H and O–H groups in total. The van der Waals surface area contributed by atoms with Crippen LogP contribution >= 0.6 is 11.6 Å². The average molecular weight is 464 g/mol. The molecule has 1 saturated heterocycles. The highest BCUT2D eigenvalue weighted by molar-refractivity contribution is 6.32. The maximum Gasteiger partial charge on any atom is 0.251 e. The molecule has 7 heteroatoms. The third kappa shape index (κ3) is 4.92. The zero-order chi connectivity index (χ0) is 22.6. The largest absolute Gasteiger partial charge is 0.454 e. The quantitative estimate of drug-likeness (QED) is 0.590. The van der Waals surface area contributed by atoms with Crippen LogP contribution in [-0.2, 0) is 13.1 Å². The summed E-state index contributed by atoms with van der Waals surface area (Å²) in [4.78, 5) is 17.7. The van der Waals surface area contributed by atoms with Crippen LogP contribution in [0.3, 0.4) is 0 Å². The summed E-state index contributed by atoms with van der Waals surface area (Å²) >= 11 is 6.23. The number of hydrogen-bond donors (Lipinski definition) is 1. The predicted octanol–water partition coefficient (Wildman–Crippen LogP) is 4.32. The van der Waals surface area contributed by atoms with Crippen molar-refractivity contribution < 1.29 is 14.3 Å². The molecule has 0 atom stereocenters. The van der Waals surface area contributed by atoms with Gasteiger partial charge in [0.2, 0.25) is 6.79 Å². The Morgan fingerprint density at radius 3 is 2.42 bits per heavy atom. The number of anilines is 1. The number of para-hydroxylation sites is 1. The first-order valence-electron chi connectivity index (χ1n) is 11.1. The van der Waals surface area contributed by atoms with Crippen LogP contribution in [0.25, 0.3) is 0 Å². The van der Waals surface area contributed by atoms with E-state index in [-0.39, 0.29) is 12.7 Å². The number of amides is 1. The van der Waals surface area contributed by atoms with Gasteiger partial charge in [0.1, 0.15) is 0 Å². The second-order valence-corrected chi connectivity index (χ2v) is 8.65. The third-order valence-corrected chi connectivity index (χ3v) is 6.42. The summed E-state index contributed by atoms with van der Waals surface area (Å²) in [6.07, 6.45) is 0. The van der Waals surface area contributed by atoms with Gasteiger partial charge in [-0.2, -0.15) is 0 Å². The molecule has 3 aromatic rings. The fourth-order valence-corrected chi connectivity index (χ4v) is 4.57. The average Bonchev–Trinajstić information content (AvgIpc) is 3.34. The Bertz CT molecular complexity index is 1130. The van der Waals surface area contributed by atoms with Crippen molar-refractivity contribution in [2.24, 2.45) is 0 Å². The van der Waals surface area contributed by atoms with Crippen molar-refractivity contribution in [2.45, 2.75) is 13.1 Å². The lowest BCUT2D eigenvalue weighted by molar-refractivity contribution is 0.0950. The molecule has 1 fully saturated rings. The van der Waals surface area contributed by atoms with E-state index in [9.17, 15) is 4.79 Å². The van der Waals surface area contributed by atoms with Crippen molar-refractivity contribution in [2.75, 3.05) is 37.9 Å². The Balaban J connectivity index is 1.19. The van der Waals surface area contributed by atoms with Crippen LogP contribution in [0.2, 0.25) is 5.02 Å². The summed E-state index contributed by atoms with van der Waals surface area (Å²) in [7, 11) is 0. The summed E-state index contributed by atoms with van der Waals surface area (Å²) in [5.41, 5.74) is 4.08. The van der Waals surface area contributed by atoms with Gasteiger partial charge >= 0.3 is 0 Å². The van der Waals surface area contributed by atoms with Gasteiger partial charge in [-0.25, -0.2) is 0 Å². The minimum absolute atomic E-state index is 0.118. The number of carbonyl (C=O) groups excluding carboxylic acids is 1. The van der Waals surface area contributed by atoms with Gasteiger partial charge in [-0.05, 0) is 35.4 Å². The molecule has 2 heterocycles. The minimum Gasteiger partial charge on any atom is -0.454 e. The van der Waals surface area contributed by atoms with E-state index in [1.807, 2.05) is 6.07 Å². The molecule has 5 rings (SSSR count). The van der Waals surface area contributed by atoms with Crippen LogP contribution in [0.1, 0.15) is 21.5 Å². The first-order valence-corrected chi connectivity index (χ1v) is 11.5.